The van der Waals surface area contributed by atoms with E-state index in [2.05, 4.69) is 15.0 Å². The predicted molar refractivity (Wildman–Crippen MR) is 136 cm³/mol. The number of anilines is 1. The zero-order valence-corrected chi connectivity index (χ0v) is 19.9. The lowest BCUT2D eigenvalue weighted by Gasteiger charge is -2.20. The van der Waals surface area contributed by atoms with E-state index in [9.17, 15) is 13.2 Å². The Bertz CT molecular complexity index is 1270. The van der Waals surface area contributed by atoms with Gasteiger partial charge in [-0.15, -0.1) is 0 Å². The summed E-state index contributed by atoms with van der Waals surface area (Å²) in [4.78, 5) is 19.1. The van der Waals surface area contributed by atoms with Gasteiger partial charge in [0, 0.05) is 42.7 Å². The maximum Gasteiger partial charge on any atom is 0.264 e. The molecule has 3 aromatic rings. The van der Waals surface area contributed by atoms with Crippen LogP contribution in [-0.4, -0.2) is 51.6 Å². The molecule has 0 saturated carbocycles. The van der Waals surface area contributed by atoms with Crippen LogP contribution in [0.4, 0.5) is 11.4 Å². The first-order valence-electron chi connectivity index (χ1n) is 11.3. The van der Waals surface area contributed by atoms with Gasteiger partial charge in [-0.2, -0.15) is 0 Å². The highest BCUT2D eigenvalue weighted by atomic mass is 32.2. The molecule has 1 fully saturated rings. The van der Waals surface area contributed by atoms with E-state index in [1.54, 1.807) is 49.5 Å². The lowest BCUT2D eigenvalue weighted by atomic mass is 10.0. The summed E-state index contributed by atoms with van der Waals surface area (Å²) in [7, 11) is -3.92. The minimum absolute atomic E-state index is 0.0479. The summed E-state index contributed by atoms with van der Waals surface area (Å²) in [5, 5.41) is 3.28. The molecule has 1 aliphatic rings. The third-order valence-corrected chi connectivity index (χ3v) is 7.06. The molecular weight excluding hydrogens is 448 g/mol. The molecule has 0 spiro atoms. The summed E-state index contributed by atoms with van der Waals surface area (Å²) in [6.07, 6.45) is 2.49. The van der Waals surface area contributed by atoms with Crippen LogP contribution in [0, 0.1) is 0 Å². The van der Waals surface area contributed by atoms with Crippen LogP contribution in [0.2, 0.25) is 0 Å². The Labute approximate surface area is 200 Å². The van der Waals surface area contributed by atoms with Crippen LogP contribution >= 0.6 is 0 Å². The number of hydrogen-bond acceptors (Lipinski definition) is 5. The number of nitrogens with one attached hydrogen (secondary N) is 2. The third-order valence-electron chi connectivity index (χ3n) is 5.64. The molecule has 0 atom stereocenters. The molecule has 34 heavy (non-hydrogen) atoms. The molecule has 0 unspecified atom stereocenters. The highest BCUT2D eigenvalue weighted by Crippen LogP contribution is 2.36. The Morgan fingerprint density at radius 3 is 2.47 bits per heavy atom. The fraction of sp³-hybridized carbons (Fsp3) is 0.231. The maximum absolute atomic E-state index is 13.3. The van der Waals surface area contributed by atoms with Crippen LogP contribution in [0.15, 0.2) is 82.7 Å². The summed E-state index contributed by atoms with van der Waals surface area (Å²) in [5.41, 5.74) is 2.91. The minimum atomic E-state index is -3.92. The molecule has 3 aromatic carbocycles. The molecule has 1 heterocycles. The summed E-state index contributed by atoms with van der Waals surface area (Å²) in [6.45, 7) is 4.79. The first-order chi connectivity index (χ1) is 16.5. The van der Waals surface area contributed by atoms with Gasteiger partial charge in [-0.3, -0.25) is 14.5 Å². The van der Waals surface area contributed by atoms with Gasteiger partial charge in [0.25, 0.3) is 15.9 Å². The monoisotopic (exact) mass is 476 g/mol. The lowest BCUT2D eigenvalue weighted by Crippen LogP contribution is -2.34. The van der Waals surface area contributed by atoms with Crippen molar-refractivity contribution in [3.63, 3.8) is 0 Å². The van der Waals surface area contributed by atoms with Crippen LogP contribution in [0.3, 0.4) is 0 Å². The standard InChI is InChI=1S/C26H28N4O3S/c1-2-28-25-23(20-8-4-3-5-9-20)10-6-11-24(25)34(32,33)29-22-14-12-21(13-15-22)26(31)30-18-7-16-27-17-19-30/h2-6,8-15,27,29H,7,16-19H2,1H3. The quantitative estimate of drug-likeness (QED) is 0.519. The number of hydrogen-bond donors (Lipinski definition) is 2. The largest absolute Gasteiger partial charge is 0.337 e. The number of nitrogens with zero attached hydrogens (tertiary/aromatic N) is 2. The van der Waals surface area contributed by atoms with Crippen molar-refractivity contribution in [3.05, 3.63) is 78.4 Å². The topological polar surface area (TPSA) is 90.9 Å². The van der Waals surface area contributed by atoms with E-state index in [1.807, 2.05) is 41.3 Å². The molecule has 1 amide bonds. The van der Waals surface area contributed by atoms with Crippen molar-refractivity contribution in [1.29, 1.82) is 0 Å². The van der Waals surface area contributed by atoms with Crippen molar-refractivity contribution in [1.82, 2.24) is 10.2 Å². The number of aliphatic imine (C=N–C) groups is 1. The van der Waals surface area contributed by atoms with E-state index in [0.29, 0.717) is 30.0 Å². The van der Waals surface area contributed by atoms with Crippen LogP contribution in [0.25, 0.3) is 11.1 Å². The molecule has 8 heteroatoms. The van der Waals surface area contributed by atoms with E-state index in [-0.39, 0.29) is 10.8 Å². The van der Waals surface area contributed by atoms with Crippen molar-refractivity contribution < 1.29 is 13.2 Å². The molecule has 0 aromatic heterocycles. The Morgan fingerprint density at radius 2 is 1.74 bits per heavy atom. The van der Waals surface area contributed by atoms with Crippen molar-refractivity contribution in [2.24, 2.45) is 4.99 Å². The van der Waals surface area contributed by atoms with E-state index < -0.39 is 10.0 Å². The van der Waals surface area contributed by atoms with Crippen LogP contribution in [-0.2, 0) is 10.0 Å². The van der Waals surface area contributed by atoms with Gasteiger partial charge in [-0.25, -0.2) is 8.42 Å². The summed E-state index contributed by atoms with van der Waals surface area (Å²) in [5.74, 6) is -0.0479. The normalized spacial score (nSPS) is 14.7. The van der Waals surface area contributed by atoms with Crippen LogP contribution < -0.4 is 10.0 Å². The Kier molecular flexibility index (Phi) is 7.40. The number of rotatable bonds is 6. The van der Waals surface area contributed by atoms with Crippen LogP contribution in [0.1, 0.15) is 23.7 Å². The van der Waals surface area contributed by atoms with Gasteiger partial charge in [-0.05, 0) is 55.8 Å². The van der Waals surface area contributed by atoms with E-state index in [0.717, 1.165) is 30.6 Å². The Morgan fingerprint density at radius 1 is 0.971 bits per heavy atom. The number of sulfonamides is 1. The average molecular weight is 477 g/mol. The Hall–Kier alpha value is -3.49. The van der Waals surface area contributed by atoms with Gasteiger partial charge in [0.05, 0.1) is 5.69 Å². The van der Waals surface area contributed by atoms with Crippen LogP contribution in [0.5, 0.6) is 0 Å². The first-order valence-corrected chi connectivity index (χ1v) is 12.8. The SMILES string of the molecule is CC=Nc1c(-c2ccccc2)cccc1S(=O)(=O)Nc1ccc(C(=O)N2CCCNCC2)cc1. The van der Waals surface area contributed by atoms with Crippen molar-refractivity contribution in [2.45, 2.75) is 18.2 Å². The highest BCUT2D eigenvalue weighted by Gasteiger charge is 2.22. The molecule has 176 valence electrons. The zero-order chi connectivity index (χ0) is 24.0. The summed E-state index contributed by atoms with van der Waals surface area (Å²) >= 11 is 0. The maximum atomic E-state index is 13.3. The van der Waals surface area contributed by atoms with Crippen molar-refractivity contribution >= 4 is 33.5 Å². The molecule has 4 rings (SSSR count). The smallest absolute Gasteiger partial charge is 0.264 e. The first kappa shape index (κ1) is 23.7. The van der Waals surface area contributed by atoms with Gasteiger partial charge in [0.1, 0.15) is 4.90 Å². The number of carbonyl (C=O) groups is 1. The minimum Gasteiger partial charge on any atom is -0.337 e. The number of carbonyl (C=O) groups excluding carboxylic acids is 1. The molecule has 7 nitrogen and oxygen atoms in total. The second-order valence-corrected chi connectivity index (χ2v) is 9.64. The second-order valence-electron chi connectivity index (χ2n) is 7.98. The Balaban J connectivity index is 1.59. The van der Waals surface area contributed by atoms with E-state index >= 15 is 0 Å². The molecule has 0 radical (unpaired) electrons. The fourth-order valence-corrected chi connectivity index (χ4v) is 5.21. The predicted octanol–water partition coefficient (Wildman–Crippen LogP) is 4.31. The van der Waals surface area contributed by atoms with Gasteiger partial charge in [-0.1, -0.05) is 42.5 Å². The molecule has 2 N–H and O–H groups in total. The van der Waals surface area contributed by atoms with E-state index in [4.69, 9.17) is 0 Å². The summed E-state index contributed by atoms with van der Waals surface area (Å²) in [6, 6.07) is 21.2. The fourth-order valence-electron chi connectivity index (χ4n) is 3.97. The molecule has 1 aliphatic heterocycles. The van der Waals surface area contributed by atoms with Crippen molar-refractivity contribution in [3.8, 4) is 11.1 Å². The molecular formula is C26H28N4O3S. The zero-order valence-electron chi connectivity index (χ0n) is 19.1. The van der Waals surface area contributed by atoms with Gasteiger partial charge < -0.3 is 10.2 Å². The number of amides is 1. The highest BCUT2D eigenvalue weighted by molar-refractivity contribution is 7.92. The number of para-hydroxylation sites is 1. The van der Waals surface area contributed by atoms with E-state index in [1.165, 1.54) is 0 Å². The second kappa shape index (κ2) is 10.6. The van der Waals surface area contributed by atoms with Gasteiger partial charge in [0.15, 0.2) is 0 Å². The number of benzene rings is 3. The molecule has 1 saturated heterocycles. The van der Waals surface area contributed by atoms with Crippen molar-refractivity contribution in [2.75, 3.05) is 30.9 Å². The molecule has 0 bridgehead atoms. The van der Waals surface area contributed by atoms with Gasteiger partial charge >= 0.3 is 0 Å². The lowest BCUT2D eigenvalue weighted by molar-refractivity contribution is 0.0766. The third kappa shape index (κ3) is 5.35. The average Bonchev–Trinajstić information content (AvgIpc) is 3.14. The van der Waals surface area contributed by atoms with Gasteiger partial charge in [0.2, 0.25) is 0 Å². The molecule has 0 aliphatic carbocycles. The summed E-state index contributed by atoms with van der Waals surface area (Å²) < 4.78 is 29.3.